The van der Waals surface area contributed by atoms with E-state index < -0.39 is 6.04 Å². The van der Waals surface area contributed by atoms with Crippen LogP contribution in [0.4, 0.5) is 0 Å². The number of carbonyl (C=O) groups is 2. The number of rotatable bonds is 6. The Morgan fingerprint density at radius 3 is 2.79 bits per heavy atom. The molecule has 1 saturated heterocycles. The Morgan fingerprint density at radius 2 is 2.08 bits per heavy atom. The van der Waals surface area contributed by atoms with E-state index in [0.29, 0.717) is 35.1 Å². The third kappa shape index (κ3) is 4.85. The number of carbonyl (C=O) groups excluding carboxylic acids is 2. The standard InChI is InChI=1S/C17H23Cl2N3O2/c1-21(2)9-4-8-20-16(23)15-5-3-10-22(15)17(24)13-11-12(18)6-7-14(13)19/h6-7,11,15H,3-5,8-10H2,1-2H3,(H,20,23)/t15-/m0/s1. The van der Waals surface area contributed by atoms with Gasteiger partial charge < -0.3 is 15.1 Å². The number of benzene rings is 1. The molecule has 132 valence electrons. The van der Waals surface area contributed by atoms with E-state index in [0.717, 1.165) is 19.4 Å². The summed E-state index contributed by atoms with van der Waals surface area (Å²) in [5.41, 5.74) is 0.344. The Kier molecular flexibility index (Phi) is 6.90. The summed E-state index contributed by atoms with van der Waals surface area (Å²) in [6.45, 7) is 2.07. The lowest BCUT2D eigenvalue weighted by molar-refractivity contribution is -0.124. The minimum atomic E-state index is -0.438. The molecule has 1 aromatic carbocycles. The van der Waals surface area contributed by atoms with Crippen LogP contribution in [-0.2, 0) is 4.79 Å². The van der Waals surface area contributed by atoms with Gasteiger partial charge in [-0.1, -0.05) is 23.2 Å². The van der Waals surface area contributed by atoms with Crippen LogP contribution in [0.1, 0.15) is 29.6 Å². The van der Waals surface area contributed by atoms with Gasteiger partial charge in [0.1, 0.15) is 6.04 Å². The van der Waals surface area contributed by atoms with Gasteiger partial charge in [0.25, 0.3) is 5.91 Å². The highest BCUT2D eigenvalue weighted by atomic mass is 35.5. The van der Waals surface area contributed by atoms with Crippen LogP contribution in [0.15, 0.2) is 18.2 Å². The number of nitrogens with zero attached hydrogens (tertiary/aromatic N) is 2. The number of amides is 2. The molecule has 0 unspecified atom stereocenters. The zero-order chi connectivity index (χ0) is 17.7. The molecule has 1 N–H and O–H groups in total. The van der Waals surface area contributed by atoms with E-state index in [1.54, 1.807) is 23.1 Å². The Bertz CT molecular complexity index is 607. The predicted octanol–water partition coefficient (Wildman–Crippen LogP) is 2.67. The van der Waals surface area contributed by atoms with Gasteiger partial charge in [-0.25, -0.2) is 0 Å². The molecule has 1 aliphatic heterocycles. The molecule has 0 bridgehead atoms. The van der Waals surface area contributed by atoms with Crippen molar-refractivity contribution in [1.82, 2.24) is 15.1 Å². The van der Waals surface area contributed by atoms with Gasteiger partial charge in [-0.15, -0.1) is 0 Å². The average Bonchev–Trinajstić information content (AvgIpc) is 3.02. The van der Waals surface area contributed by atoms with Crippen LogP contribution in [0.5, 0.6) is 0 Å². The van der Waals surface area contributed by atoms with Crippen LogP contribution < -0.4 is 5.32 Å². The number of nitrogens with one attached hydrogen (secondary N) is 1. The van der Waals surface area contributed by atoms with E-state index in [9.17, 15) is 9.59 Å². The maximum Gasteiger partial charge on any atom is 0.256 e. The van der Waals surface area contributed by atoms with Gasteiger partial charge in [0.2, 0.25) is 5.91 Å². The van der Waals surface area contributed by atoms with Crippen molar-refractivity contribution < 1.29 is 9.59 Å². The number of hydrogen-bond donors (Lipinski definition) is 1. The lowest BCUT2D eigenvalue weighted by Gasteiger charge is -2.24. The molecule has 2 amide bonds. The molecule has 1 aliphatic rings. The van der Waals surface area contributed by atoms with Crippen molar-refractivity contribution in [2.75, 3.05) is 33.7 Å². The molecule has 0 aliphatic carbocycles. The fraction of sp³-hybridized carbons (Fsp3) is 0.529. The monoisotopic (exact) mass is 371 g/mol. The number of likely N-dealkylation sites (tertiary alicyclic amines) is 1. The molecule has 0 aromatic heterocycles. The van der Waals surface area contributed by atoms with Gasteiger partial charge in [0.05, 0.1) is 10.6 Å². The van der Waals surface area contributed by atoms with Crippen molar-refractivity contribution >= 4 is 35.0 Å². The molecular weight excluding hydrogens is 349 g/mol. The van der Waals surface area contributed by atoms with Crippen LogP contribution in [0.3, 0.4) is 0 Å². The summed E-state index contributed by atoms with van der Waals surface area (Å²) in [6.07, 6.45) is 2.35. The zero-order valence-corrected chi connectivity index (χ0v) is 15.5. The average molecular weight is 372 g/mol. The first-order chi connectivity index (χ1) is 11.4. The fourth-order valence-corrected chi connectivity index (χ4v) is 3.19. The van der Waals surface area contributed by atoms with Crippen molar-refractivity contribution in [3.8, 4) is 0 Å². The summed E-state index contributed by atoms with van der Waals surface area (Å²) < 4.78 is 0. The van der Waals surface area contributed by atoms with E-state index >= 15 is 0 Å². The van der Waals surface area contributed by atoms with Crippen LogP contribution >= 0.6 is 23.2 Å². The summed E-state index contributed by atoms with van der Waals surface area (Å²) in [4.78, 5) is 28.8. The minimum Gasteiger partial charge on any atom is -0.354 e. The summed E-state index contributed by atoms with van der Waals surface area (Å²) in [5.74, 6) is -0.341. The SMILES string of the molecule is CN(C)CCCNC(=O)[C@@H]1CCCN1C(=O)c1cc(Cl)ccc1Cl. The van der Waals surface area contributed by atoms with E-state index in [1.165, 1.54) is 0 Å². The third-order valence-corrected chi connectivity index (χ3v) is 4.62. The first kappa shape index (κ1) is 19.0. The molecule has 7 heteroatoms. The molecule has 2 rings (SSSR count). The highest BCUT2D eigenvalue weighted by Crippen LogP contribution is 2.26. The summed E-state index contributed by atoms with van der Waals surface area (Å²) in [5, 5.41) is 3.72. The molecular formula is C17H23Cl2N3O2. The molecule has 0 spiro atoms. The zero-order valence-electron chi connectivity index (χ0n) is 14.0. The molecule has 0 saturated carbocycles. The van der Waals surface area contributed by atoms with Crippen molar-refractivity contribution in [2.24, 2.45) is 0 Å². The Labute approximate surface area is 152 Å². The highest BCUT2D eigenvalue weighted by Gasteiger charge is 2.35. The summed E-state index contributed by atoms with van der Waals surface area (Å²) in [6, 6.07) is 4.35. The van der Waals surface area contributed by atoms with E-state index in [1.807, 2.05) is 14.1 Å². The third-order valence-electron chi connectivity index (χ3n) is 4.06. The first-order valence-corrected chi connectivity index (χ1v) is 8.84. The first-order valence-electron chi connectivity index (χ1n) is 8.08. The molecule has 1 heterocycles. The highest BCUT2D eigenvalue weighted by molar-refractivity contribution is 6.35. The minimum absolute atomic E-state index is 0.0993. The van der Waals surface area contributed by atoms with Gasteiger partial charge in [-0.05, 0) is 58.1 Å². The Balaban J connectivity index is 2.00. The fourth-order valence-electron chi connectivity index (χ4n) is 2.82. The van der Waals surface area contributed by atoms with E-state index in [2.05, 4.69) is 10.2 Å². The van der Waals surface area contributed by atoms with Crippen LogP contribution in [0.2, 0.25) is 10.0 Å². The second kappa shape index (κ2) is 8.70. The lowest BCUT2D eigenvalue weighted by atomic mass is 10.1. The maximum absolute atomic E-state index is 12.8. The van der Waals surface area contributed by atoms with Crippen LogP contribution in [0.25, 0.3) is 0 Å². The molecule has 0 radical (unpaired) electrons. The maximum atomic E-state index is 12.8. The summed E-state index contributed by atoms with van der Waals surface area (Å²) >= 11 is 12.1. The summed E-state index contributed by atoms with van der Waals surface area (Å²) in [7, 11) is 3.99. The Hall–Kier alpha value is -1.30. The molecule has 1 atom stereocenters. The van der Waals surface area contributed by atoms with E-state index in [4.69, 9.17) is 23.2 Å². The normalized spacial score (nSPS) is 17.4. The van der Waals surface area contributed by atoms with Crippen molar-refractivity contribution in [3.05, 3.63) is 33.8 Å². The molecule has 24 heavy (non-hydrogen) atoms. The smallest absolute Gasteiger partial charge is 0.256 e. The van der Waals surface area contributed by atoms with E-state index in [-0.39, 0.29) is 11.8 Å². The van der Waals surface area contributed by atoms with Gasteiger partial charge in [-0.3, -0.25) is 9.59 Å². The molecule has 1 aromatic rings. The lowest BCUT2D eigenvalue weighted by Crippen LogP contribution is -2.46. The van der Waals surface area contributed by atoms with Crippen LogP contribution in [0, 0.1) is 0 Å². The van der Waals surface area contributed by atoms with Gasteiger partial charge in [0.15, 0.2) is 0 Å². The number of halogens is 2. The van der Waals surface area contributed by atoms with Crippen molar-refractivity contribution in [2.45, 2.75) is 25.3 Å². The van der Waals surface area contributed by atoms with Crippen LogP contribution in [-0.4, -0.2) is 61.4 Å². The molecule has 1 fully saturated rings. The van der Waals surface area contributed by atoms with Gasteiger partial charge in [-0.2, -0.15) is 0 Å². The largest absolute Gasteiger partial charge is 0.354 e. The van der Waals surface area contributed by atoms with Crippen molar-refractivity contribution in [1.29, 1.82) is 0 Å². The molecule has 5 nitrogen and oxygen atoms in total. The van der Waals surface area contributed by atoms with Crippen molar-refractivity contribution in [3.63, 3.8) is 0 Å². The van der Waals surface area contributed by atoms with Gasteiger partial charge in [0, 0.05) is 18.1 Å². The predicted molar refractivity (Wildman–Crippen MR) is 96.7 cm³/mol. The van der Waals surface area contributed by atoms with Gasteiger partial charge >= 0.3 is 0 Å². The Morgan fingerprint density at radius 1 is 1.33 bits per heavy atom. The topological polar surface area (TPSA) is 52.7 Å². The second-order valence-electron chi connectivity index (χ2n) is 6.23. The quantitative estimate of drug-likeness (QED) is 0.782. The second-order valence-corrected chi connectivity index (χ2v) is 7.07. The number of hydrogen-bond acceptors (Lipinski definition) is 3.